The summed E-state index contributed by atoms with van der Waals surface area (Å²) < 4.78 is 7.95. The molecule has 1 amide bonds. The molecule has 0 spiro atoms. The molecule has 1 saturated carbocycles. The molecule has 1 aliphatic rings. The number of aromatic nitrogens is 2. The SMILES string of the molecule is Cc1cc(NC(=O)CC2CCCCC2)nn1Cc1cc(Cl)ccc1OCc1ccccc1. The summed E-state index contributed by atoms with van der Waals surface area (Å²) in [6.45, 7) is 2.98. The van der Waals surface area contributed by atoms with Crippen molar-refractivity contribution in [3.8, 4) is 5.75 Å². The second kappa shape index (κ2) is 10.7. The van der Waals surface area contributed by atoms with Crippen LogP contribution in [0.5, 0.6) is 5.75 Å². The minimum atomic E-state index is 0.0520. The molecule has 0 atom stereocenters. The summed E-state index contributed by atoms with van der Waals surface area (Å²) >= 11 is 6.26. The number of benzene rings is 2. The van der Waals surface area contributed by atoms with Crippen LogP contribution in [0.3, 0.4) is 0 Å². The maximum Gasteiger partial charge on any atom is 0.225 e. The fourth-order valence-electron chi connectivity index (χ4n) is 4.29. The van der Waals surface area contributed by atoms with Crippen molar-refractivity contribution in [2.45, 2.75) is 58.6 Å². The van der Waals surface area contributed by atoms with Gasteiger partial charge in [-0.3, -0.25) is 9.48 Å². The topological polar surface area (TPSA) is 56.2 Å². The van der Waals surface area contributed by atoms with Crippen LogP contribution in [0, 0.1) is 12.8 Å². The lowest BCUT2D eigenvalue weighted by molar-refractivity contribution is -0.117. The molecule has 3 aromatic rings. The van der Waals surface area contributed by atoms with Crippen LogP contribution in [0.2, 0.25) is 5.02 Å². The molecular weight excluding hydrogens is 422 g/mol. The molecule has 1 aliphatic carbocycles. The first kappa shape index (κ1) is 22.4. The summed E-state index contributed by atoms with van der Waals surface area (Å²) in [4.78, 5) is 12.5. The second-order valence-corrected chi connectivity index (χ2v) is 9.05. The van der Waals surface area contributed by atoms with Gasteiger partial charge >= 0.3 is 0 Å². The van der Waals surface area contributed by atoms with Crippen molar-refractivity contribution in [3.63, 3.8) is 0 Å². The number of anilines is 1. The van der Waals surface area contributed by atoms with E-state index in [0.29, 0.717) is 36.3 Å². The van der Waals surface area contributed by atoms with Gasteiger partial charge < -0.3 is 10.1 Å². The number of aryl methyl sites for hydroxylation is 1. The van der Waals surface area contributed by atoms with Gasteiger partial charge in [0.1, 0.15) is 12.4 Å². The maximum atomic E-state index is 12.5. The molecular formula is C26H30ClN3O2. The maximum absolute atomic E-state index is 12.5. The highest BCUT2D eigenvalue weighted by atomic mass is 35.5. The lowest BCUT2D eigenvalue weighted by Crippen LogP contribution is -2.18. The molecule has 5 nitrogen and oxygen atoms in total. The first-order valence-corrected chi connectivity index (χ1v) is 11.7. The van der Waals surface area contributed by atoms with Gasteiger partial charge in [0.2, 0.25) is 5.91 Å². The summed E-state index contributed by atoms with van der Waals surface area (Å²) in [5.41, 5.74) is 3.01. The van der Waals surface area contributed by atoms with Crippen LogP contribution in [0.1, 0.15) is 55.3 Å². The fourth-order valence-corrected chi connectivity index (χ4v) is 4.48. The van der Waals surface area contributed by atoms with Crippen molar-refractivity contribution >= 4 is 23.3 Å². The third-order valence-electron chi connectivity index (χ3n) is 6.03. The van der Waals surface area contributed by atoms with E-state index < -0.39 is 0 Å². The van der Waals surface area contributed by atoms with Crippen LogP contribution >= 0.6 is 11.6 Å². The van der Waals surface area contributed by atoms with Gasteiger partial charge in [-0.2, -0.15) is 5.10 Å². The van der Waals surface area contributed by atoms with Crippen LogP contribution in [0.4, 0.5) is 5.82 Å². The Morgan fingerprint density at radius 1 is 1.12 bits per heavy atom. The highest BCUT2D eigenvalue weighted by Gasteiger charge is 2.18. The van der Waals surface area contributed by atoms with Crippen LogP contribution < -0.4 is 10.1 Å². The number of hydrogen-bond acceptors (Lipinski definition) is 3. The van der Waals surface area contributed by atoms with E-state index in [1.807, 2.05) is 66.2 Å². The Morgan fingerprint density at radius 3 is 2.69 bits per heavy atom. The minimum absolute atomic E-state index is 0.0520. The molecule has 1 fully saturated rings. The van der Waals surface area contributed by atoms with Crippen molar-refractivity contribution in [2.24, 2.45) is 5.92 Å². The lowest BCUT2D eigenvalue weighted by atomic mass is 9.87. The van der Waals surface area contributed by atoms with Gasteiger partial charge in [0.25, 0.3) is 0 Å². The molecule has 6 heteroatoms. The predicted molar refractivity (Wildman–Crippen MR) is 128 cm³/mol. The van der Waals surface area contributed by atoms with Gasteiger partial charge in [0.15, 0.2) is 5.82 Å². The summed E-state index contributed by atoms with van der Waals surface area (Å²) in [5, 5.41) is 8.24. The zero-order valence-electron chi connectivity index (χ0n) is 18.5. The fraction of sp³-hybridized carbons (Fsp3) is 0.385. The number of carbonyl (C=O) groups excluding carboxylic acids is 1. The predicted octanol–water partition coefficient (Wildman–Crippen LogP) is 6.38. The third-order valence-corrected chi connectivity index (χ3v) is 6.26. The number of rotatable bonds is 8. The van der Waals surface area contributed by atoms with Crippen LogP contribution in [0.25, 0.3) is 0 Å². The molecule has 0 radical (unpaired) electrons. The molecule has 0 aliphatic heterocycles. The first-order valence-electron chi connectivity index (χ1n) is 11.4. The quantitative estimate of drug-likeness (QED) is 0.432. The smallest absolute Gasteiger partial charge is 0.225 e. The largest absolute Gasteiger partial charge is 0.489 e. The van der Waals surface area contributed by atoms with Crippen molar-refractivity contribution in [2.75, 3.05) is 5.32 Å². The summed E-state index contributed by atoms with van der Waals surface area (Å²) in [7, 11) is 0. The molecule has 1 aromatic heterocycles. The zero-order valence-corrected chi connectivity index (χ0v) is 19.3. The van der Waals surface area contributed by atoms with E-state index in [9.17, 15) is 4.79 Å². The van der Waals surface area contributed by atoms with E-state index in [-0.39, 0.29) is 5.91 Å². The van der Waals surface area contributed by atoms with Crippen molar-refractivity contribution in [3.05, 3.63) is 76.4 Å². The summed E-state index contributed by atoms with van der Waals surface area (Å²) in [6.07, 6.45) is 6.66. The van der Waals surface area contributed by atoms with Crippen molar-refractivity contribution < 1.29 is 9.53 Å². The van der Waals surface area contributed by atoms with E-state index in [4.69, 9.17) is 16.3 Å². The third kappa shape index (κ3) is 6.13. The van der Waals surface area contributed by atoms with Crippen molar-refractivity contribution in [1.29, 1.82) is 0 Å². The minimum Gasteiger partial charge on any atom is -0.489 e. The molecule has 4 rings (SSSR count). The summed E-state index contributed by atoms with van der Waals surface area (Å²) in [5.74, 6) is 1.92. The number of carbonyl (C=O) groups is 1. The van der Waals surface area contributed by atoms with E-state index >= 15 is 0 Å². The number of nitrogens with one attached hydrogen (secondary N) is 1. The Labute approximate surface area is 194 Å². The van der Waals surface area contributed by atoms with E-state index in [1.165, 1.54) is 19.3 Å². The second-order valence-electron chi connectivity index (χ2n) is 8.61. The van der Waals surface area contributed by atoms with E-state index in [0.717, 1.165) is 35.4 Å². The van der Waals surface area contributed by atoms with Gasteiger partial charge in [-0.1, -0.05) is 61.2 Å². The number of amides is 1. The number of halogens is 1. The first-order chi connectivity index (χ1) is 15.6. The standard InChI is InChI=1S/C26H30ClN3O2/c1-19-14-25(28-26(31)15-20-8-4-2-5-9-20)29-30(19)17-22-16-23(27)12-13-24(22)32-18-21-10-6-3-7-11-21/h3,6-7,10-14,16,20H,2,4-5,8-9,15,17-18H2,1H3,(H,28,29,31). The molecule has 0 unspecified atom stereocenters. The highest BCUT2D eigenvalue weighted by Crippen LogP contribution is 2.27. The monoisotopic (exact) mass is 451 g/mol. The average molecular weight is 452 g/mol. The Hall–Kier alpha value is -2.79. The van der Waals surface area contributed by atoms with Crippen LogP contribution in [-0.4, -0.2) is 15.7 Å². The number of hydrogen-bond donors (Lipinski definition) is 1. The van der Waals surface area contributed by atoms with Gasteiger partial charge in [-0.05, 0) is 49.4 Å². The van der Waals surface area contributed by atoms with E-state index in [1.54, 1.807) is 0 Å². The molecule has 32 heavy (non-hydrogen) atoms. The van der Waals surface area contributed by atoms with Crippen LogP contribution in [-0.2, 0) is 17.9 Å². The van der Waals surface area contributed by atoms with Gasteiger partial charge in [-0.25, -0.2) is 0 Å². The van der Waals surface area contributed by atoms with Gasteiger partial charge in [0.05, 0.1) is 6.54 Å². The Kier molecular flexibility index (Phi) is 7.48. The molecule has 0 bridgehead atoms. The molecule has 2 aromatic carbocycles. The normalized spacial score (nSPS) is 14.3. The molecule has 0 saturated heterocycles. The Balaban J connectivity index is 1.42. The lowest BCUT2D eigenvalue weighted by Gasteiger charge is -2.20. The van der Waals surface area contributed by atoms with Crippen molar-refractivity contribution in [1.82, 2.24) is 9.78 Å². The highest BCUT2D eigenvalue weighted by molar-refractivity contribution is 6.30. The van der Waals surface area contributed by atoms with Crippen LogP contribution in [0.15, 0.2) is 54.6 Å². The number of ether oxygens (including phenoxy) is 1. The van der Waals surface area contributed by atoms with E-state index in [2.05, 4.69) is 10.4 Å². The zero-order chi connectivity index (χ0) is 22.3. The summed E-state index contributed by atoms with van der Waals surface area (Å²) in [6, 6.07) is 17.6. The van der Waals surface area contributed by atoms with Gasteiger partial charge in [0, 0.05) is 28.8 Å². The molecule has 168 valence electrons. The average Bonchev–Trinajstić information content (AvgIpc) is 3.13. The molecule has 1 N–H and O–H groups in total. The van der Waals surface area contributed by atoms with Gasteiger partial charge in [-0.15, -0.1) is 0 Å². The number of nitrogens with zero attached hydrogens (tertiary/aromatic N) is 2. The Bertz CT molecular complexity index is 1040. The molecule has 1 heterocycles. The Morgan fingerprint density at radius 2 is 1.91 bits per heavy atom.